The molecule has 6 heteroatoms. The van der Waals surface area contributed by atoms with E-state index in [0.717, 1.165) is 103 Å². The average molecular weight is 1030 g/mol. The Bertz CT molecular complexity index is 1370. The molecule has 0 aromatic carbocycles. The predicted octanol–water partition coefficient (Wildman–Crippen LogP) is 21.7. The molecular formula is C68H120O6. The van der Waals surface area contributed by atoms with Crippen molar-refractivity contribution in [3.8, 4) is 0 Å². The molecular weight excluding hydrogens is 913 g/mol. The van der Waals surface area contributed by atoms with Gasteiger partial charge in [-0.1, -0.05) is 306 Å². The molecule has 0 saturated heterocycles. The fourth-order valence-electron chi connectivity index (χ4n) is 9.21. The van der Waals surface area contributed by atoms with E-state index in [9.17, 15) is 14.4 Å². The van der Waals surface area contributed by atoms with E-state index in [1.807, 2.05) is 0 Å². The highest BCUT2D eigenvalue weighted by atomic mass is 16.6. The minimum absolute atomic E-state index is 0.0723. The molecule has 0 rings (SSSR count). The van der Waals surface area contributed by atoms with Gasteiger partial charge in [0.15, 0.2) is 6.10 Å². The number of esters is 3. The second-order valence-electron chi connectivity index (χ2n) is 21.3. The van der Waals surface area contributed by atoms with Crippen LogP contribution in [-0.4, -0.2) is 37.2 Å². The molecule has 0 radical (unpaired) electrons. The van der Waals surface area contributed by atoms with Crippen LogP contribution in [0, 0.1) is 0 Å². The molecule has 0 aromatic heterocycles. The van der Waals surface area contributed by atoms with Crippen molar-refractivity contribution < 1.29 is 28.6 Å². The summed E-state index contributed by atoms with van der Waals surface area (Å²) < 4.78 is 16.8. The van der Waals surface area contributed by atoms with E-state index >= 15 is 0 Å². The van der Waals surface area contributed by atoms with E-state index in [1.54, 1.807) is 0 Å². The summed E-state index contributed by atoms with van der Waals surface area (Å²) in [5.74, 6) is -0.872. The Hall–Kier alpha value is -3.15. The summed E-state index contributed by atoms with van der Waals surface area (Å²) in [6.45, 7) is 6.48. The van der Waals surface area contributed by atoms with Gasteiger partial charge in [-0.2, -0.15) is 0 Å². The monoisotopic (exact) mass is 1030 g/mol. The lowest BCUT2D eigenvalue weighted by molar-refractivity contribution is -0.167. The van der Waals surface area contributed by atoms with Crippen LogP contribution in [0.15, 0.2) is 72.9 Å². The van der Waals surface area contributed by atoms with Gasteiger partial charge in [-0.3, -0.25) is 14.4 Å². The number of ether oxygens (including phenoxy) is 3. The van der Waals surface area contributed by atoms with Gasteiger partial charge in [0.2, 0.25) is 0 Å². The van der Waals surface area contributed by atoms with Crippen molar-refractivity contribution in [3.63, 3.8) is 0 Å². The first-order valence-electron chi connectivity index (χ1n) is 31.9. The van der Waals surface area contributed by atoms with Crippen molar-refractivity contribution in [3.05, 3.63) is 72.9 Å². The van der Waals surface area contributed by atoms with Crippen molar-refractivity contribution in [1.82, 2.24) is 0 Å². The maximum absolute atomic E-state index is 12.8. The molecule has 6 nitrogen and oxygen atoms in total. The third kappa shape index (κ3) is 59.7. The van der Waals surface area contributed by atoms with Gasteiger partial charge in [0.25, 0.3) is 0 Å². The molecule has 1 atom stereocenters. The number of rotatable bonds is 58. The quantitative estimate of drug-likeness (QED) is 0.0261. The Balaban J connectivity index is 4.00. The zero-order chi connectivity index (χ0) is 53.6. The molecule has 428 valence electrons. The number of carbonyl (C=O) groups excluding carboxylic acids is 3. The minimum atomic E-state index is -0.769. The molecule has 1 unspecified atom stereocenters. The highest BCUT2D eigenvalue weighted by molar-refractivity contribution is 5.71. The Morgan fingerprint density at radius 2 is 0.527 bits per heavy atom. The van der Waals surface area contributed by atoms with Crippen molar-refractivity contribution in [2.24, 2.45) is 0 Å². The zero-order valence-electron chi connectivity index (χ0n) is 49.1. The SMILES string of the molecule is CC/C=C\C/C=C\C/C=C\C/C=C\C/C=C\C/C=C\CCCCCCCCCCCCCCC(=O)OCC(COC(=O)CCCCCCC)OC(=O)CCCCCCCCCCCCCCCCCCCCCC. The third-order valence-corrected chi connectivity index (χ3v) is 14.0. The molecule has 0 aliphatic heterocycles. The summed E-state index contributed by atoms with van der Waals surface area (Å²) in [6, 6.07) is 0. The second kappa shape index (κ2) is 62.4. The Kier molecular flexibility index (Phi) is 59.7. The highest BCUT2D eigenvalue weighted by Crippen LogP contribution is 2.17. The lowest BCUT2D eigenvalue weighted by atomic mass is 10.0. The van der Waals surface area contributed by atoms with Crippen LogP contribution in [0.5, 0.6) is 0 Å². The summed E-state index contributed by atoms with van der Waals surface area (Å²) in [7, 11) is 0. The first kappa shape index (κ1) is 70.8. The van der Waals surface area contributed by atoms with E-state index in [4.69, 9.17) is 14.2 Å². The standard InChI is InChI=1S/C68H120O6/c1-4-7-10-13-15-17-19-21-23-25-27-29-30-31-32-33-34-35-36-37-38-39-41-42-44-46-48-50-52-55-58-61-67(70)73-64-65(63-72-66(69)60-57-54-12-9-6-3)74-68(71)62-59-56-53-51-49-47-45-43-40-28-26-24-22-20-18-16-14-11-8-5-2/h7,10,15,17,21,23,27,29,31-32,34-35,65H,4-6,8-9,11-14,16,18-20,22,24-26,28,30,33,36-64H2,1-3H3/b10-7-,17-15-,23-21-,29-27-,32-31-,35-34-. The normalized spacial score (nSPS) is 12.5. The van der Waals surface area contributed by atoms with E-state index < -0.39 is 6.10 Å². The van der Waals surface area contributed by atoms with Crippen LogP contribution >= 0.6 is 0 Å². The zero-order valence-corrected chi connectivity index (χ0v) is 49.1. The van der Waals surface area contributed by atoms with E-state index in [2.05, 4.69) is 93.7 Å². The van der Waals surface area contributed by atoms with Crippen molar-refractivity contribution >= 4 is 17.9 Å². The van der Waals surface area contributed by atoms with Gasteiger partial charge in [-0.25, -0.2) is 0 Å². The molecule has 0 spiro atoms. The van der Waals surface area contributed by atoms with Gasteiger partial charge in [0.1, 0.15) is 13.2 Å². The van der Waals surface area contributed by atoms with Gasteiger partial charge >= 0.3 is 17.9 Å². The van der Waals surface area contributed by atoms with Gasteiger partial charge in [-0.15, -0.1) is 0 Å². The molecule has 0 aromatic rings. The summed E-state index contributed by atoms with van der Waals surface area (Å²) in [5.41, 5.74) is 0. The molecule has 0 N–H and O–H groups in total. The first-order chi connectivity index (χ1) is 36.5. The molecule has 0 bridgehead atoms. The van der Waals surface area contributed by atoms with Crippen LogP contribution in [0.3, 0.4) is 0 Å². The first-order valence-corrected chi connectivity index (χ1v) is 31.9. The van der Waals surface area contributed by atoms with Crippen LogP contribution in [0.1, 0.15) is 323 Å². The van der Waals surface area contributed by atoms with Gasteiger partial charge in [-0.05, 0) is 70.6 Å². The molecule has 0 aliphatic rings. The summed E-state index contributed by atoms with van der Waals surface area (Å²) in [6.07, 6.45) is 81.0. The molecule has 0 heterocycles. The second-order valence-corrected chi connectivity index (χ2v) is 21.3. The predicted molar refractivity (Wildman–Crippen MR) is 321 cm³/mol. The fourth-order valence-corrected chi connectivity index (χ4v) is 9.21. The summed E-state index contributed by atoms with van der Waals surface area (Å²) >= 11 is 0. The van der Waals surface area contributed by atoms with Crippen LogP contribution in [0.4, 0.5) is 0 Å². The van der Waals surface area contributed by atoms with Gasteiger partial charge < -0.3 is 14.2 Å². The summed E-state index contributed by atoms with van der Waals surface area (Å²) in [4.78, 5) is 37.9. The van der Waals surface area contributed by atoms with Crippen LogP contribution < -0.4 is 0 Å². The maximum atomic E-state index is 12.8. The maximum Gasteiger partial charge on any atom is 0.306 e. The lowest BCUT2D eigenvalue weighted by Gasteiger charge is -2.18. The number of unbranched alkanes of at least 4 members (excludes halogenated alkanes) is 35. The number of hydrogen-bond donors (Lipinski definition) is 0. The topological polar surface area (TPSA) is 78.9 Å². The van der Waals surface area contributed by atoms with Gasteiger partial charge in [0.05, 0.1) is 0 Å². The fraction of sp³-hybridized carbons (Fsp3) is 0.779. The molecule has 0 fully saturated rings. The third-order valence-electron chi connectivity index (χ3n) is 14.0. The summed E-state index contributed by atoms with van der Waals surface area (Å²) in [5, 5.41) is 0. The highest BCUT2D eigenvalue weighted by Gasteiger charge is 2.19. The van der Waals surface area contributed by atoms with Crippen molar-refractivity contribution in [1.29, 1.82) is 0 Å². The molecule has 0 saturated carbocycles. The van der Waals surface area contributed by atoms with Gasteiger partial charge in [0, 0.05) is 19.3 Å². The number of carbonyl (C=O) groups is 3. The van der Waals surface area contributed by atoms with E-state index in [0.29, 0.717) is 19.3 Å². The van der Waals surface area contributed by atoms with Crippen LogP contribution in [-0.2, 0) is 28.6 Å². The van der Waals surface area contributed by atoms with Crippen molar-refractivity contribution in [2.75, 3.05) is 13.2 Å². The number of allylic oxidation sites excluding steroid dienone is 12. The molecule has 0 aliphatic carbocycles. The number of hydrogen-bond acceptors (Lipinski definition) is 6. The van der Waals surface area contributed by atoms with Crippen molar-refractivity contribution in [2.45, 2.75) is 329 Å². The largest absolute Gasteiger partial charge is 0.462 e. The smallest absolute Gasteiger partial charge is 0.306 e. The van der Waals surface area contributed by atoms with E-state index in [1.165, 1.54) is 180 Å². The molecule has 0 amide bonds. The molecule has 74 heavy (non-hydrogen) atoms. The average Bonchev–Trinajstić information content (AvgIpc) is 3.40. The Morgan fingerprint density at radius 3 is 0.824 bits per heavy atom. The minimum Gasteiger partial charge on any atom is -0.462 e. The van der Waals surface area contributed by atoms with Crippen LogP contribution in [0.2, 0.25) is 0 Å². The van der Waals surface area contributed by atoms with E-state index in [-0.39, 0.29) is 31.1 Å². The Labute approximate surface area is 459 Å². The Morgan fingerprint density at radius 1 is 0.284 bits per heavy atom. The lowest BCUT2D eigenvalue weighted by Crippen LogP contribution is -2.30. The van der Waals surface area contributed by atoms with Crippen LogP contribution in [0.25, 0.3) is 0 Å².